The highest BCUT2D eigenvalue weighted by Gasteiger charge is 2.11. The van der Waals surface area contributed by atoms with E-state index in [1.807, 2.05) is 38.1 Å². The highest BCUT2D eigenvalue weighted by molar-refractivity contribution is 5.82. The Hall–Kier alpha value is -1.45. The SMILES string of the molecule is CCOCC(N)c1cc(C)nc2ccccc12. The molecule has 2 aromatic rings. The number of rotatable bonds is 4. The van der Waals surface area contributed by atoms with E-state index in [0.717, 1.165) is 22.2 Å². The standard InChI is InChI=1S/C14H18N2O/c1-3-17-9-13(15)12-8-10(2)16-14-7-5-4-6-11(12)14/h4-8,13H,3,9,15H2,1-2H3. The normalized spacial score (nSPS) is 12.9. The van der Waals surface area contributed by atoms with Gasteiger partial charge in [0, 0.05) is 17.7 Å². The fraction of sp³-hybridized carbons (Fsp3) is 0.357. The maximum absolute atomic E-state index is 6.16. The molecule has 0 fully saturated rings. The molecular formula is C14H18N2O. The van der Waals surface area contributed by atoms with Gasteiger partial charge in [0.05, 0.1) is 18.2 Å². The number of nitrogens with two attached hydrogens (primary N) is 1. The van der Waals surface area contributed by atoms with E-state index in [4.69, 9.17) is 10.5 Å². The lowest BCUT2D eigenvalue weighted by atomic mass is 10.0. The predicted molar refractivity (Wildman–Crippen MR) is 69.9 cm³/mol. The summed E-state index contributed by atoms with van der Waals surface area (Å²) in [5, 5.41) is 1.12. The van der Waals surface area contributed by atoms with Crippen molar-refractivity contribution in [3.63, 3.8) is 0 Å². The summed E-state index contributed by atoms with van der Waals surface area (Å²) in [7, 11) is 0. The van der Waals surface area contributed by atoms with Crippen LogP contribution in [0.25, 0.3) is 10.9 Å². The molecule has 1 aromatic heterocycles. The van der Waals surface area contributed by atoms with E-state index in [2.05, 4.69) is 11.1 Å². The Labute approximate surface area is 102 Å². The van der Waals surface area contributed by atoms with Crippen molar-refractivity contribution in [3.05, 3.63) is 41.6 Å². The summed E-state index contributed by atoms with van der Waals surface area (Å²) in [5.41, 5.74) is 9.26. The van der Waals surface area contributed by atoms with E-state index < -0.39 is 0 Å². The highest BCUT2D eigenvalue weighted by Crippen LogP contribution is 2.23. The van der Waals surface area contributed by atoms with Crippen molar-refractivity contribution in [2.24, 2.45) is 5.73 Å². The minimum Gasteiger partial charge on any atom is -0.380 e. The first kappa shape index (κ1) is 12.0. The second kappa shape index (κ2) is 5.25. The van der Waals surface area contributed by atoms with E-state index >= 15 is 0 Å². The minimum absolute atomic E-state index is 0.0958. The summed E-state index contributed by atoms with van der Waals surface area (Å²) in [6.07, 6.45) is 0. The van der Waals surface area contributed by atoms with Crippen LogP contribution in [-0.4, -0.2) is 18.2 Å². The molecule has 2 rings (SSSR count). The van der Waals surface area contributed by atoms with Crippen LogP contribution in [-0.2, 0) is 4.74 Å². The van der Waals surface area contributed by atoms with Crippen LogP contribution in [0.3, 0.4) is 0 Å². The molecule has 0 saturated carbocycles. The van der Waals surface area contributed by atoms with Gasteiger partial charge in [-0.3, -0.25) is 4.98 Å². The molecule has 0 aliphatic carbocycles. The van der Waals surface area contributed by atoms with Crippen LogP contribution in [0, 0.1) is 6.92 Å². The molecule has 90 valence electrons. The molecule has 0 aliphatic rings. The van der Waals surface area contributed by atoms with Crippen LogP contribution in [0.5, 0.6) is 0 Å². The van der Waals surface area contributed by atoms with E-state index in [9.17, 15) is 0 Å². The van der Waals surface area contributed by atoms with Crippen LogP contribution in [0.1, 0.15) is 24.2 Å². The third-order valence-electron chi connectivity index (χ3n) is 2.78. The van der Waals surface area contributed by atoms with Crippen molar-refractivity contribution in [3.8, 4) is 0 Å². The van der Waals surface area contributed by atoms with E-state index in [1.54, 1.807) is 0 Å². The first-order valence-corrected chi connectivity index (χ1v) is 5.92. The van der Waals surface area contributed by atoms with E-state index in [0.29, 0.717) is 13.2 Å². The second-order valence-electron chi connectivity index (χ2n) is 4.14. The molecule has 1 unspecified atom stereocenters. The number of nitrogens with zero attached hydrogens (tertiary/aromatic N) is 1. The van der Waals surface area contributed by atoms with Gasteiger partial charge < -0.3 is 10.5 Å². The molecule has 1 aromatic carbocycles. The third-order valence-corrected chi connectivity index (χ3v) is 2.78. The summed E-state index contributed by atoms with van der Waals surface area (Å²) in [4.78, 5) is 4.50. The van der Waals surface area contributed by atoms with Crippen LogP contribution >= 0.6 is 0 Å². The largest absolute Gasteiger partial charge is 0.380 e. The third kappa shape index (κ3) is 2.62. The lowest BCUT2D eigenvalue weighted by Crippen LogP contribution is -2.18. The first-order valence-electron chi connectivity index (χ1n) is 5.92. The van der Waals surface area contributed by atoms with Crippen LogP contribution < -0.4 is 5.73 Å². The van der Waals surface area contributed by atoms with E-state index in [-0.39, 0.29) is 6.04 Å². The van der Waals surface area contributed by atoms with Gasteiger partial charge in [0.1, 0.15) is 0 Å². The smallest absolute Gasteiger partial charge is 0.0708 e. The maximum Gasteiger partial charge on any atom is 0.0708 e. The van der Waals surface area contributed by atoms with Crippen molar-refractivity contribution in [1.29, 1.82) is 0 Å². The molecule has 0 spiro atoms. The average Bonchev–Trinajstić information content (AvgIpc) is 2.34. The van der Waals surface area contributed by atoms with Crippen LogP contribution in [0.4, 0.5) is 0 Å². The molecule has 1 heterocycles. The van der Waals surface area contributed by atoms with Crippen molar-refractivity contribution >= 4 is 10.9 Å². The van der Waals surface area contributed by atoms with Crippen molar-refractivity contribution in [1.82, 2.24) is 4.98 Å². The summed E-state index contributed by atoms with van der Waals surface area (Å²) in [6.45, 7) is 5.20. The van der Waals surface area contributed by atoms with Gasteiger partial charge in [0.15, 0.2) is 0 Å². The fourth-order valence-electron chi connectivity index (χ4n) is 1.98. The molecule has 17 heavy (non-hydrogen) atoms. The van der Waals surface area contributed by atoms with E-state index in [1.165, 1.54) is 0 Å². The molecular weight excluding hydrogens is 212 g/mol. The van der Waals surface area contributed by atoms with Gasteiger partial charge in [-0.2, -0.15) is 0 Å². The number of para-hydroxylation sites is 1. The number of ether oxygens (including phenoxy) is 1. The molecule has 3 nitrogen and oxygen atoms in total. The second-order valence-corrected chi connectivity index (χ2v) is 4.14. The number of hydrogen-bond acceptors (Lipinski definition) is 3. The summed E-state index contributed by atoms with van der Waals surface area (Å²) in [6, 6.07) is 10.0. The molecule has 0 amide bonds. The number of aryl methyl sites for hydroxylation is 1. The Kier molecular flexibility index (Phi) is 3.71. The number of benzene rings is 1. The van der Waals surface area contributed by atoms with Gasteiger partial charge in [-0.25, -0.2) is 0 Å². The van der Waals surface area contributed by atoms with Crippen molar-refractivity contribution in [2.75, 3.05) is 13.2 Å². The molecule has 0 radical (unpaired) electrons. The zero-order valence-corrected chi connectivity index (χ0v) is 10.3. The lowest BCUT2D eigenvalue weighted by Gasteiger charge is -2.15. The Bertz CT molecular complexity index is 511. The van der Waals surface area contributed by atoms with Gasteiger partial charge >= 0.3 is 0 Å². The van der Waals surface area contributed by atoms with Gasteiger partial charge in [0.25, 0.3) is 0 Å². The zero-order chi connectivity index (χ0) is 12.3. The first-order chi connectivity index (χ1) is 8.22. The topological polar surface area (TPSA) is 48.1 Å². The Morgan fingerprint density at radius 2 is 2.12 bits per heavy atom. The van der Waals surface area contributed by atoms with Gasteiger partial charge in [0.2, 0.25) is 0 Å². The predicted octanol–water partition coefficient (Wildman–Crippen LogP) is 2.58. The molecule has 2 N–H and O–H groups in total. The highest BCUT2D eigenvalue weighted by atomic mass is 16.5. The summed E-state index contributed by atoms with van der Waals surface area (Å²) >= 11 is 0. The van der Waals surface area contributed by atoms with Gasteiger partial charge in [-0.05, 0) is 31.5 Å². The van der Waals surface area contributed by atoms with Crippen molar-refractivity contribution in [2.45, 2.75) is 19.9 Å². The molecule has 0 saturated heterocycles. The quantitative estimate of drug-likeness (QED) is 0.878. The molecule has 0 aliphatic heterocycles. The Morgan fingerprint density at radius 1 is 1.35 bits per heavy atom. The number of fused-ring (bicyclic) bond motifs is 1. The van der Waals surface area contributed by atoms with Crippen LogP contribution in [0.2, 0.25) is 0 Å². The maximum atomic E-state index is 6.16. The average molecular weight is 230 g/mol. The number of pyridine rings is 1. The van der Waals surface area contributed by atoms with Gasteiger partial charge in [-0.1, -0.05) is 18.2 Å². The van der Waals surface area contributed by atoms with Gasteiger partial charge in [-0.15, -0.1) is 0 Å². The number of hydrogen-bond donors (Lipinski definition) is 1. The summed E-state index contributed by atoms with van der Waals surface area (Å²) in [5.74, 6) is 0. The van der Waals surface area contributed by atoms with Crippen molar-refractivity contribution < 1.29 is 4.74 Å². The molecule has 1 atom stereocenters. The monoisotopic (exact) mass is 230 g/mol. The Morgan fingerprint density at radius 3 is 2.88 bits per heavy atom. The fourth-order valence-corrected chi connectivity index (χ4v) is 1.98. The minimum atomic E-state index is -0.0958. The zero-order valence-electron chi connectivity index (χ0n) is 10.3. The molecule has 0 bridgehead atoms. The number of aromatic nitrogens is 1. The summed E-state index contributed by atoms with van der Waals surface area (Å²) < 4.78 is 5.39. The molecule has 3 heteroatoms. The Balaban J connectivity index is 2.44. The lowest BCUT2D eigenvalue weighted by molar-refractivity contribution is 0.134. The van der Waals surface area contributed by atoms with Crippen LogP contribution in [0.15, 0.2) is 30.3 Å².